The molecule has 3 aromatic heterocycles. The first-order valence-corrected chi connectivity index (χ1v) is 8.13. The summed E-state index contributed by atoms with van der Waals surface area (Å²) in [5, 5.41) is 8.63. The maximum atomic E-state index is 12.6. The normalized spacial score (nSPS) is 11.4. The quantitative estimate of drug-likeness (QED) is 0.617. The predicted molar refractivity (Wildman–Crippen MR) is 95.0 cm³/mol. The highest BCUT2D eigenvalue weighted by molar-refractivity contribution is 5.80. The van der Waals surface area contributed by atoms with Gasteiger partial charge in [0, 0.05) is 22.7 Å². The highest BCUT2D eigenvalue weighted by Crippen LogP contribution is 2.13. The third-order valence-electron chi connectivity index (χ3n) is 4.40. The van der Waals surface area contributed by atoms with Gasteiger partial charge >= 0.3 is 0 Å². The van der Waals surface area contributed by atoms with Gasteiger partial charge in [0.15, 0.2) is 5.65 Å². The van der Waals surface area contributed by atoms with Crippen LogP contribution in [-0.4, -0.2) is 24.4 Å². The average molecular weight is 335 g/mol. The molecule has 25 heavy (non-hydrogen) atoms. The van der Waals surface area contributed by atoms with Crippen molar-refractivity contribution in [2.75, 3.05) is 0 Å². The lowest BCUT2D eigenvalue weighted by Gasteiger charge is -2.06. The molecule has 0 spiro atoms. The average Bonchev–Trinajstić information content (AvgIpc) is 2.93. The summed E-state index contributed by atoms with van der Waals surface area (Å²) in [5.41, 5.74) is 2.65. The Morgan fingerprint density at radius 1 is 1.20 bits per heavy atom. The SMILES string of the molecule is CCc1c(C)[nH]n2c(=O)cc(Cn3ncc4ccccc4c3=O)nc12. The molecular weight excluding hydrogens is 318 g/mol. The van der Waals surface area contributed by atoms with Gasteiger partial charge in [-0.2, -0.15) is 5.10 Å². The van der Waals surface area contributed by atoms with Crippen molar-refractivity contribution >= 4 is 16.4 Å². The highest BCUT2D eigenvalue weighted by atomic mass is 16.1. The molecular formula is C18H17N5O2. The number of rotatable bonds is 3. The van der Waals surface area contributed by atoms with Crippen LogP contribution in [0.15, 0.2) is 46.1 Å². The Morgan fingerprint density at radius 3 is 2.80 bits per heavy atom. The molecule has 3 heterocycles. The molecule has 0 atom stereocenters. The largest absolute Gasteiger partial charge is 0.294 e. The second-order valence-corrected chi connectivity index (χ2v) is 6.01. The summed E-state index contributed by atoms with van der Waals surface area (Å²) in [6, 6.07) is 8.74. The number of hydrogen-bond donors (Lipinski definition) is 1. The second kappa shape index (κ2) is 5.70. The van der Waals surface area contributed by atoms with Crippen molar-refractivity contribution < 1.29 is 0 Å². The van der Waals surface area contributed by atoms with Gasteiger partial charge in [0.05, 0.1) is 23.8 Å². The van der Waals surface area contributed by atoms with E-state index in [2.05, 4.69) is 15.2 Å². The minimum Gasteiger partial charge on any atom is -0.294 e. The van der Waals surface area contributed by atoms with Crippen LogP contribution in [0.2, 0.25) is 0 Å². The first-order valence-electron chi connectivity index (χ1n) is 8.13. The fourth-order valence-electron chi connectivity index (χ4n) is 3.14. The molecule has 0 aliphatic carbocycles. The van der Waals surface area contributed by atoms with Crippen molar-refractivity contribution in [2.45, 2.75) is 26.8 Å². The zero-order valence-corrected chi connectivity index (χ0v) is 14.0. The van der Waals surface area contributed by atoms with Crippen LogP contribution in [0.5, 0.6) is 0 Å². The van der Waals surface area contributed by atoms with Crippen molar-refractivity contribution in [1.29, 1.82) is 0 Å². The summed E-state index contributed by atoms with van der Waals surface area (Å²) in [6.45, 7) is 4.09. The van der Waals surface area contributed by atoms with Crippen molar-refractivity contribution in [3.05, 3.63) is 74.2 Å². The van der Waals surface area contributed by atoms with Gasteiger partial charge in [-0.3, -0.25) is 14.7 Å². The molecule has 1 aromatic carbocycles. The van der Waals surface area contributed by atoms with E-state index in [4.69, 9.17) is 0 Å². The van der Waals surface area contributed by atoms with E-state index in [1.54, 1.807) is 12.3 Å². The lowest BCUT2D eigenvalue weighted by molar-refractivity contribution is 0.633. The van der Waals surface area contributed by atoms with Gasteiger partial charge in [0.2, 0.25) is 0 Å². The van der Waals surface area contributed by atoms with Crippen LogP contribution in [0.25, 0.3) is 16.4 Å². The zero-order chi connectivity index (χ0) is 17.6. The molecule has 0 unspecified atom stereocenters. The highest BCUT2D eigenvalue weighted by Gasteiger charge is 2.12. The van der Waals surface area contributed by atoms with Crippen LogP contribution in [0.1, 0.15) is 23.9 Å². The Hall–Kier alpha value is -3.22. The summed E-state index contributed by atoms with van der Waals surface area (Å²) in [6.07, 6.45) is 2.42. The fraction of sp³-hybridized carbons (Fsp3) is 0.222. The molecule has 0 fully saturated rings. The Morgan fingerprint density at radius 2 is 2.00 bits per heavy atom. The van der Waals surface area contributed by atoms with Gasteiger partial charge in [-0.25, -0.2) is 14.2 Å². The van der Waals surface area contributed by atoms with Gasteiger partial charge in [-0.1, -0.05) is 25.1 Å². The van der Waals surface area contributed by atoms with Gasteiger partial charge in [-0.15, -0.1) is 0 Å². The lowest BCUT2D eigenvalue weighted by Crippen LogP contribution is -2.25. The number of benzene rings is 1. The molecule has 0 aliphatic heterocycles. The van der Waals surface area contributed by atoms with Gasteiger partial charge in [-0.05, 0) is 19.4 Å². The first kappa shape index (κ1) is 15.3. The van der Waals surface area contributed by atoms with Crippen molar-refractivity contribution in [1.82, 2.24) is 24.4 Å². The third-order valence-corrected chi connectivity index (χ3v) is 4.40. The Bertz CT molecular complexity index is 1220. The van der Waals surface area contributed by atoms with Crippen LogP contribution in [-0.2, 0) is 13.0 Å². The Balaban J connectivity index is 1.85. The number of fused-ring (bicyclic) bond motifs is 2. The van der Waals surface area contributed by atoms with E-state index in [-0.39, 0.29) is 17.7 Å². The van der Waals surface area contributed by atoms with Gasteiger partial charge in [0.1, 0.15) is 0 Å². The van der Waals surface area contributed by atoms with Crippen LogP contribution in [0.3, 0.4) is 0 Å². The fourth-order valence-corrected chi connectivity index (χ4v) is 3.14. The summed E-state index contributed by atoms with van der Waals surface area (Å²) in [4.78, 5) is 29.5. The topological polar surface area (TPSA) is 85.0 Å². The molecule has 7 nitrogen and oxygen atoms in total. The Kier molecular flexibility index (Phi) is 3.49. The standard InChI is InChI=1S/C18H17N5O2/c1-3-14-11(2)21-23-16(24)8-13(20-17(14)23)10-22-18(25)15-7-5-4-6-12(15)9-19-22/h4-9,21H,3,10H2,1-2H3. The number of nitrogens with zero attached hydrogens (tertiary/aromatic N) is 4. The molecule has 1 N–H and O–H groups in total. The summed E-state index contributed by atoms with van der Waals surface area (Å²) >= 11 is 0. The van der Waals surface area contributed by atoms with E-state index in [0.717, 1.165) is 23.1 Å². The molecule has 0 amide bonds. The van der Waals surface area contributed by atoms with E-state index >= 15 is 0 Å². The molecule has 126 valence electrons. The van der Waals surface area contributed by atoms with Gasteiger partial charge < -0.3 is 0 Å². The molecule has 4 aromatic rings. The Labute approximate surface area is 142 Å². The van der Waals surface area contributed by atoms with E-state index in [1.807, 2.05) is 32.0 Å². The smallest absolute Gasteiger partial charge is 0.274 e. The van der Waals surface area contributed by atoms with E-state index in [0.29, 0.717) is 16.7 Å². The number of H-pyrrole nitrogens is 1. The maximum Gasteiger partial charge on any atom is 0.274 e. The minimum absolute atomic E-state index is 0.156. The van der Waals surface area contributed by atoms with E-state index < -0.39 is 0 Å². The van der Waals surface area contributed by atoms with Crippen molar-refractivity contribution in [2.24, 2.45) is 0 Å². The number of aromatic amines is 1. The predicted octanol–water partition coefficient (Wildman–Crippen LogP) is 1.65. The molecule has 0 saturated heterocycles. The molecule has 7 heteroatoms. The molecule has 0 radical (unpaired) electrons. The number of hydrogen-bond acceptors (Lipinski definition) is 4. The maximum absolute atomic E-state index is 12.6. The van der Waals surface area contributed by atoms with Gasteiger partial charge in [0.25, 0.3) is 11.1 Å². The minimum atomic E-state index is -0.198. The lowest BCUT2D eigenvalue weighted by atomic mass is 10.2. The summed E-state index contributed by atoms with van der Waals surface area (Å²) in [7, 11) is 0. The third kappa shape index (κ3) is 2.44. The molecule has 0 aliphatic rings. The van der Waals surface area contributed by atoms with E-state index in [9.17, 15) is 9.59 Å². The second-order valence-electron chi connectivity index (χ2n) is 6.01. The molecule has 0 saturated carbocycles. The number of aromatic nitrogens is 5. The first-order chi connectivity index (χ1) is 12.1. The van der Waals surface area contributed by atoms with Crippen LogP contribution in [0.4, 0.5) is 0 Å². The number of nitrogens with one attached hydrogen (secondary N) is 1. The van der Waals surface area contributed by atoms with Crippen LogP contribution < -0.4 is 11.1 Å². The monoisotopic (exact) mass is 335 g/mol. The zero-order valence-electron chi connectivity index (χ0n) is 14.0. The summed E-state index contributed by atoms with van der Waals surface area (Å²) in [5.74, 6) is 0. The number of aryl methyl sites for hydroxylation is 2. The summed E-state index contributed by atoms with van der Waals surface area (Å²) < 4.78 is 2.78. The van der Waals surface area contributed by atoms with Crippen molar-refractivity contribution in [3.8, 4) is 0 Å². The van der Waals surface area contributed by atoms with Crippen molar-refractivity contribution in [3.63, 3.8) is 0 Å². The molecule has 0 bridgehead atoms. The molecule has 4 rings (SSSR count). The van der Waals surface area contributed by atoms with Crippen LogP contribution in [0, 0.1) is 6.92 Å². The van der Waals surface area contributed by atoms with Crippen LogP contribution >= 0.6 is 0 Å². The van der Waals surface area contributed by atoms with E-state index in [1.165, 1.54) is 15.3 Å².